The number of rotatable bonds is 9. The molecule has 0 aromatic heterocycles. The standard InChI is InChI=1S/C26H30F2N2O3/c1-26(2,14-3-15-32-24-13-6-19(27)16-23(24)28)25(31)30-20-7-11-22(12-8-20)33-21-9-4-18(17-29)5-10-21/h4-6,9-10,13,16,20,22H,3,7-8,11-12,14-15H2,1-2H3,(H,30,31)/t20-,22-. The third kappa shape index (κ3) is 7.18. The fourth-order valence-electron chi connectivity index (χ4n) is 3.91. The lowest BCUT2D eigenvalue weighted by Crippen LogP contribution is -2.45. The molecule has 7 heteroatoms. The van der Waals surface area contributed by atoms with Crippen LogP contribution in [0, 0.1) is 28.4 Å². The Morgan fingerprint density at radius 2 is 1.82 bits per heavy atom. The number of carbonyl (C=O) groups excluding carboxylic acids is 1. The lowest BCUT2D eigenvalue weighted by molar-refractivity contribution is -0.130. The summed E-state index contributed by atoms with van der Waals surface area (Å²) < 4.78 is 38.0. The molecule has 0 saturated heterocycles. The van der Waals surface area contributed by atoms with E-state index in [4.69, 9.17) is 14.7 Å². The van der Waals surface area contributed by atoms with Gasteiger partial charge in [-0.25, -0.2) is 8.78 Å². The van der Waals surface area contributed by atoms with E-state index in [9.17, 15) is 13.6 Å². The summed E-state index contributed by atoms with van der Waals surface area (Å²) >= 11 is 0. The number of nitrogens with zero attached hydrogens (tertiary/aromatic N) is 1. The molecule has 0 spiro atoms. The Morgan fingerprint density at radius 3 is 2.45 bits per heavy atom. The van der Waals surface area contributed by atoms with Crippen molar-refractivity contribution in [2.24, 2.45) is 5.41 Å². The fraction of sp³-hybridized carbons (Fsp3) is 0.462. The Kier molecular flexibility index (Phi) is 8.26. The van der Waals surface area contributed by atoms with Crippen molar-refractivity contribution < 1.29 is 23.0 Å². The molecule has 0 heterocycles. The Labute approximate surface area is 193 Å². The van der Waals surface area contributed by atoms with E-state index >= 15 is 0 Å². The summed E-state index contributed by atoms with van der Waals surface area (Å²) in [7, 11) is 0. The normalized spacial score (nSPS) is 18.3. The van der Waals surface area contributed by atoms with Gasteiger partial charge in [0.05, 0.1) is 24.3 Å². The number of ether oxygens (including phenoxy) is 2. The second-order valence-corrected chi connectivity index (χ2v) is 9.11. The zero-order valence-corrected chi connectivity index (χ0v) is 19.1. The topological polar surface area (TPSA) is 71.3 Å². The summed E-state index contributed by atoms with van der Waals surface area (Å²) in [6.45, 7) is 4.03. The molecular formula is C26H30F2N2O3. The van der Waals surface area contributed by atoms with Crippen LogP contribution in [0.5, 0.6) is 11.5 Å². The number of amides is 1. The molecule has 0 atom stereocenters. The van der Waals surface area contributed by atoms with Crippen molar-refractivity contribution in [1.82, 2.24) is 5.32 Å². The van der Waals surface area contributed by atoms with Crippen molar-refractivity contribution in [3.05, 3.63) is 59.7 Å². The first-order valence-electron chi connectivity index (χ1n) is 11.3. The number of hydrogen-bond donors (Lipinski definition) is 1. The molecule has 0 aliphatic heterocycles. The van der Waals surface area contributed by atoms with Gasteiger partial charge in [-0.2, -0.15) is 5.26 Å². The largest absolute Gasteiger partial charge is 0.491 e. The first kappa shape index (κ1) is 24.5. The van der Waals surface area contributed by atoms with Gasteiger partial charge in [0.1, 0.15) is 11.6 Å². The Balaban J connectivity index is 1.37. The van der Waals surface area contributed by atoms with Gasteiger partial charge in [-0.15, -0.1) is 0 Å². The van der Waals surface area contributed by atoms with Crippen molar-refractivity contribution in [3.8, 4) is 17.6 Å². The van der Waals surface area contributed by atoms with E-state index in [0.717, 1.165) is 43.6 Å². The Hall–Kier alpha value is -3.14. The van der Waals surface area contributed by atoms with E-state index in [2.05, 4.69) is 11.4 Å². The van der Waals surface area contributed by atoms with Gasteiger partial charge in [0, 0.05) is 17.5 Å². The molecule has 0 radical (unpaired) electrons. The van der Waals surface area contributed by atoms with Gasteiger partial charge in [-0.05, 0) is 74.9 Å². The van der Waals surface area contributed by atoms with E-state index in [1.54, 1.807) is 12.1 Å². The van der Waals surface area contributed by atoms with Crippen LogP contribution in [0.3, 0.4) is 0 Å². The zero-order chi connectivity index (χ0) is 23.8. The number of hydrogen-bond acceptors (Lipinski definition) is 4. The molecule has 2 aromatic carbocycles. The van der Waals surface area contributed by atoms with Gasteiger partial charge < -0.3 is 14.8 Å². The SMILES string of the molecule is CC(C)(CCCOc1ccc(F)cc1F)C(=O)N[C@H]1CC[C@H](Oc2ccc(C#N)cc2)CC1. The number of nitriles is 1. The smallest absolute Gasteiger partial charge is 0.225 e. The van der Waals surface area contributed by atoms with Crippen molar-refractivity contribution >= 4 is 5.91 Å². The predicted octanol–water partition coefficient (Wildman–Crippen LogP) is 5.53. The van der Waals surface area contributed by atoms with E-state index < -0.39 is 17.0 Å². The highest BCUT2D eigenvalue weighted by Crippen LogP contribution is 2.27. The van der Waals surface area contributed by atoms with E-state index in [-0.39, 0.29) is 30.4 Å². The van der Waals surface area contributed by atoms with Crippen LogP contribution in [-0.2, 0) is 4.79 Å². The van der Waals surface area contributed by atoms with Gasteiger partial charge in [0.15, 0.2) is 11.6 Å². The Bertz CT molecular complexity index is 978. The highest BCUT2D eigenvalue weighted by Gasteiger charge is 2.31. The lowest BCUT2D eigenvalue weighted by atomic mass is 9.85. The second-order valence-electron chi connectivity index (χ2n) is 9.11. The molecule has 1 aliphatic carbocycles. The number of carbonyl (C=O) groups is 1. The van der Waals surface area contributed by atoms with Crippen LogP contribution in [0.1, 0.15) is 57.9 Å². The summed E-state index contributed by atoms with van der Waals surface area (Å²) in [6.07, 6.45) is 4.64. The van der Waals surface area contributed by atoms with Crippen LogP contribution in [0.15, 0.2) is 42.5 Å². The predicted molar refractivity (Wildman–Crippen MR) is 121 cm³/mol. The maximum Gasteiger partial charge on any atom is 0.225 e. The molecule has 5 nitrogen and oxygen atoms in total. The average Bonchev–Trinajstić information content (AvgIpc) is 2.79. The van der Waals surface area contributed by atoms with Gasteiger partial charge in [-0.3, -0.25) is 4.79 Å². The monoisotopic (exact) mass is 456 g/mol. The minimum atomic E-state index is -0.731. The van der Waals surface area contributed by atoms with E-state index in [1.807, 2.05) is 26.0 Å². The Morgan fingerprint density at radius 1 is 1.12 bits per heavy atom. The summed E-state index contributed by atoms with van der Waals surface area (Å²) in [4.78, 5) is 12.8. The second kappa shape index (κ2) is 11.1. The quantitative estimate of drug-likeness (QED) is 0.504. The fourth-order valence-corrected chi connectivity index (χ4v) is 3.91. The lowest BCUT2D eigenvalue weighted by Gasteiger charge is -2.32. The molecule has 1 fully saturated rings. The molecule has 1 aliphatic rings. The molecule has 1 saturated carbocycles. The zero-order valence-electron chi connectivity index (χ0n) is 19.1. The third-order valence-electron chi connectivity index (χ3n) is 6.01. The first-order valence-corrected chi connectivity index (χ1v) is 11.3. The summed E-state index contributed by atoms with van der Waals surface area (Å²) in [5, 5.41) is 12.0. The molecule has 33 heavy (non-hydrogen) atoms. The molecule has 1 amide bonds. The number of nitrogens with one attached hydrogen (secondary N) is 1. The van der Waals surface area contributed by atoms with Crippen molar-refractivity contribution in [2.45, 2.75) is 64.5 Å². The maximum absolute atomic E-state index is 13.6. The molecule has 0 unspecified atom stereocenters. The summed E-state index contributed by atoms with van der Waals surface area (Å²) in [6, 6.07) is 12.5. The van der Waals surface area contributed by atoms with Gasteiger partial charge >= 0.3 is 0 Å². The molecule has 0 bridgehead atoms. The van der Waals surface area contributed by atoms with Crippen molar-refractivity contribution in [2.75, 3.05) is 6.61 Å². The van der Waals surface area contributed by atoms with Crippen LogP contribution in [0.25, 0.3) is 0 Å². The minimum absolute atomic E-state index is 0.00748. The van der Waals surface area contributed by atoms with Crippen LogP contribution in [0.2, 0.25) is 0 Å². The van der Waals surface area contributed by atoms with Gasteiger partial charge in [0.25, 0.3) is 0 Å². The molecule has 2 aromatic rings. The van der Waals surface area contributed by atoms with E-state index in [1.165, 1.54) is 6.07 Å². The summed E-state index contributed by atoms with van der Waals surface area (Å²) in [5.74, 6) is -0.616. The van der Waals surface area contributed by atoms with Crippen LogP contribution >= 0.6 is 0 Å². The van der Waals surface area contributed by atoms with Gasteiger partial charge in [0.2, 0.25) is 5.91 Å². The molecule has 3 rings (SSSR count). The highest BCUT2D eigenvalue weighted by molar-refractivity contribution is 5.82. The molecular weight excluding hydrogens is 426 g/mol. The number of benzene rings is 2. The third-order valence-corrected chi connectivity index (χ3v) is 6.01. The highest BCUT2D eigenvalue weighted by atomic mass is 19.1. The van der Waals surface area contributed by atoms with Crippen LogP contribution in [0.4, 0.5) is 8.78 Å². The van der Waals surface area contributed by atoms with E-state index in [0.29, 0.717) is 18.4 Å². The van der Waals surface area contributed by atoms with Crippen LogP contribution < -0.4 is 14.8 Å². The maximum atomic E-state index is 13.6. The minimum Gasteiger partial charge on any atom is -0.491 e. The van der Waals surface area contributed by atoms with Crippen molar-refractivity contribution in [3.63, 3.8) is 0 Å². The van der Waals surface area contributed by atoms with Crippen LogP contribution in [-0.4, -0.2) is 24.7 Å². The van der Waals surface area contributed by atoms with Crippen molar-refractivity contribution in [1.29, 1.82) is 5.26 Å². The molecule has 1 N–H and O–H groups in total. The number of halogens is 2. The molecule has 176 valence electrons. The summed E-state index contributed by atoms with van der Waals surface area (Å²) in [5.41, 5.74) is 0.0196. The average molecular weight is 457 g/mol. The first-order chi connectivity index (χ1) is 15.8. The van der Waals surface area contributed by atoms with Gasteiger partial charge in [-0.1, -0.05) is 13.8 Å².